The lowest BCUT2D eigenvalue weighted by molar-refractivity contribution is 0.513. The van der Waals surface area contributed by atoms with Gasteiger partial charge >= 0.3 is 0 Å². The Bertz CT molecular complexity index is 809. The van der Waals surface area contributed by atoms with Crippen LogP contribution in [0.4, 0.5) is 4.39 Å². The van der Waals surface area contributed by atoms with Gasteiger partial charge in [0.25, 0.3) is 0 Å². The van der Waals surface area contributed by atoms with E-state index in [2.05, 4.69) is 11.8 Å². The van der Waals surface area contributed by atoms with Crippen molar-refractivity contribution in [2.45, 2.75) is 5.09 Å². The first-order valence-corrected chi connectivity index (χ1v) is 7.33. The molecule has 3 rings (SSSR count). The van der Waals surface area contributed by atoms with Crippen molar-refractivity contribution in [2.24, 2.45) is 0 Å². The Morgan fingerprint density at radius 3 is 2.60 bits per heavy atom. The van der Waals surface area contributed by atoms with E-state index in [-0.39, 0.29) is 5.82 Å². The summed E-state index contributed by atoms with van der Waals surface area (Å²) in [6.07, 6.45) is 1.92. The number of benzene rings is 2. The SMILES string of the molecule is CSc1oc2ccc(F)cc2c1C#Cc1ccccc1. The zero-order chi connectivity index (χ0) is 13.9. The van der Waals surface area contributed by atoms with Crippen LogP contribution in [0, 0.1) is 17.7 Å². The van der Waals surface area contributed by atoms with Crippen molar-refractivity contribution >= 4 is 22.7 Å². The maximum absolute atomic E-state index is 13.4. The normalized spacial score (nSPS) is 10.3. The first kappa shape index (κ1) is 12.8. The van der Waals surface area contributed by atoms with Gasteiger partial charge in [-0.3, -0.25) is 0 Å². The Labute approximate surface area is 120 Å². The van der Waals surface area contributed by atoms with Crippen molar-refractivity contribution in [3.05, 3.63) is 65.5 Å². The second kappa shape index (κ2) is 5.44. The Hall–Kier alpha value is -2.18. The van der Waals surface area contributed by atoms with Gasteiger partial charge in [-0.25, -0.2) is 4.39 Å². The van der Waals surface area contributed by atoms with Crippen LogP contribution in [0.3, 0.4) is 0 Å². The molecule has 1 nitrogen and oxygen atoms in total. The Balaban J connectivity index is 2.15. The Morgan fingerprint density at radius 1 is 1.05 bits per heavy atom. The molecule has 0 unspecified atom stereocenters. The van der Waals surface area contributed by atoms with Crippen LogP contribution in [0.5, 0.6) is 0 Å². The fourth-order valence-corrected chi connectivity index (χ4v) is 2.50. The van der Waals surface area contributed by atoms with E-state index in [9.17, 15) is 4.39 Å². The maximum Gasteiger partial charge on any atom is 0.176 e. The van der Waals surface area contributed by atoms with Crippen molar-refractivity contribution in [3.8, 4) is 11.8 Å². The van der Waals surface area contributed by atoms with Gasteiger partial charge in [0.1, 0.15) is 11.4 Å². The van der Waals surface area contributed by atoms with Crippen LogP contribution in [-0.2, 0) is 0 Å². The smallest absolute Gasteiger partial charge is 0.176 e. The lowest BCUT2D eigenvalue weighted by Gasteiger charge is -1.91. The van der Waals surface area contributed by atoms with Crippen LogP contribution in [0.2, 0.25) is 0 Å². The highest BCUT2D eigenvalue weighted by atomic mass is 32.2. The highest BCUT2D eigenvalue weighted by molar-refractivity contribution is 7.98. The molecule has 0 saturated heterocycles. The molecule has 20 heavy (non-hydrogen) atoms. The van der Waals surface area contributed by atoms with Crippen molar-refractivity contribution in [1.29, 1.82) is 0 Å². The molecule has 2 aromatic carbocycles. The average Bonchev–Trinajstić information content (AvgIpc) is 2.83. The minimum atomic E-state index is -0.284. The minimum Gasteiger partial charge on any atom is -0.449 e. The molecule has 0 aliphatic rings. The van der Waals surface area contributed by atoms with Gasteiger partial charge in [0.05, 0.1) is 5.56 Å². The lowest BCUT2D eigenvalue weighted by atomic mass is 10.1. The summed E-state index contributed by atoms with van der Waals surface area (Å²) < 4.78 is 19.1. The maximum atomic E-state index is 13.4. The summed E-state index contributed by atoms with van der Waals surface area (Å²) in [6, 6.07) is 14.2. The van der Waals surface area contributed by atoms with Gasteiger partial charge in [-0.2, -0.15) is 0 Å². The second-order valence-corrected chi connectivity index (χ2v) is 5.00. The summed E-state index contributed by atoms with van der Waals surface area (Å²) in [5.41, 5.74) is 2.33. The molecule has 3 aromatic rings. The zero-order valence-electron chi connectivity index (χ0n) is 10.8. The van der Waals surface area contributed by atoms with Crippen LogP contribution in [0.25, 0.3) is 11.0 Å². The molecule has 0 saturated carbocycles. The molecule has 0 fully saturated rings. The zero-order valence-corrected chi connectivity index (χ0v) is 11.6. The minimum absolute atomic E-state index is 0.284. The van der Waals surface area contributed by atoms with Gasteiger partial charge < -0.3 is 4.42 Å². The molecular formula is C17H11FOS. The van der Waals surface area contributed by atoms with Crippen LogP contribution in [-0.4, -0.2) is 6.26 Å². The van der Waals surface area contributed by atoms with Crippen LogP contribution in [0.1, 0.15) is 11.1 Å². The van der Waals surface area contributed by atoms with Gasteiger partial charge in [-0.1, -0.05) is 41.8 Å². The average molecular weight is 282 g/mol. The third kappa shape index (κ3) is 2.43. The van der Waals surface area contributed by atoms with E-state index in [0.717, 1.165) is 16.5 Å². The van der Waals surface area contributed by atoms with E-state index in [1.807, 2.05) is 36.6 Å². The van der Waals surface area contributed by atoms with Crippen LogP contribution >= 0.6 is 11.8 Å². The number of hydrogen-bond donors (Lipinski definition) is 0. The number of furan rings is 1. The van der Waals surface area contributed by atoms with E-state index in [4.69, 9.17) is 4.42 Å². The Kier molecular flexibility index (Phi) is 3.49. The highest BCUT2D eigenvalue weighted by Crippen LogP contribution is 2.31. The summed E-state index contributed by atoms with van der Waals surface area (Å²) in [5, 5.41) is 1.44. The van der Waals surface area contributed by atoms with Gasteiger partial charge in [-0.05, 0) is 36.6 Å². The van der Waals surface area contributed by atoms with Crippen LogP contribution in [0.15, 0.2) is 58.0 Å². The van der Waals surface area contributed by atoms with E-state index < -0.39 is 0 Å². The first-order valence-electron chi connectivity index (χ1n) is 6.11. The van der Waals surface area contributed by atoms with Crippen molar-refractivity contribution < 1.29 is 8.81 Å². The third-order valence-electron chi connectivity index (χ3n) is 2.91. The molecule has 98 valence electrons. The summed E-state index contributed by atoms with van der Waals surface area (Å²) in [5.74, 6) is 5.90. The fourth-order valence-electron chi connectivity index (χ4n) is 1.97. The van der Waals surface area contributed by atoms with Gasteiger partial charge in [0.15, 0.2) is 5.09 Å². The number of hydrogen-bond acceptors (Lipinski definition) is 2. The van der Waals surface area contributed by atoms with Gasteiger partial charge in [-0.15, -0.1) is 0 Å². The monoisotopic (exact) mass is 282 g/mol. The molecule has 0 N–H and O–H groups in total. The molecule has 0 aliphatic carbocycles. The number of rotatable bonds is 1. The molecule has 1 aromatic heterocycles. The summed E-state index contributed by atoms with van der Waals surface area (Å²) in [4.78, 5) is 0. The number of fused-ring (bicyclic) bond motifs is 1. The van der Waals surface area contributed by atoms with Crippen molar-refractivity contribution in [1.82, 2.24) is 0 Å². The largest absolute Gasteiger partial charge is 0.449 e. The molecule has 1 heterocycles. The van der Waals surface area contributed by atoms with Gasteiger partial charge in [0, 0.05) is 10.9 Å². The topological polar surface area (TPSA) is 13.1 Å². The second-order valence-electron chi connectivity index (χ2n) is 4.23. The predicted molar refractivity (Wildman–Crippen MR) is 80.4 cm³/mol. The van der Waals surface area contributed by atoms with E-state index in [0.29, 0.717) is 10.7 Å². The summed E-state index contributed by atoms with van der Waals surface area (Å²) >= 11 is 1.47. The van der Waals surface area contributed by atoms with Crippen molar-refractivity contribution in [3.63, 3.8) is 0 Å². The standard InChI is InChI=1S/C17H11FOS/c1-20-17-14(9-7-12-5-3-2-4-6-12)15-11-13(18)8-10-16(15)19-17/h2-6,8,10-11H,1H3. The van der Waals surface area contributed by atoms with E-state index in [1.165, 1.54) is 23.9 Å². The molecule has 0 aliphatic heterocycles. The van der Waals surface area contributed by atoms with E-state index >= 15 is 0 Å². The quantitative estimate of drug-likeness (QED) is 0.474. The summed E-state index contributed by atoms with van der Waals surface area (Å²) in [6.45, 7) is 0. The molecule has 0 spiro atoms. The molecule has 3 heteroatoms. The molecular weight excluding hydrogens is 271 g/mol. The van der Waals surface area contributed by atoms with Crippen LogP contribution < -0.4 is 0 Å². The third-order valence-corrected chi connectivity index (χ3v) is 3.57. The number of halogens is 1. The Morgan fingerprint density at radius 2 is 1.85 bits per heavy atom. The van der Waals surface area contributed by atoms with Gasteiger partial charge in [0.2, 0.25) is 0 Å². The molecule has 0 bridgehead atoms. The lowest BCUT2D eigenvalue weighted by Crippen LogP contribution is -1.78. The molecule has 0 radical (unpaired) electrons. The number of thioether (sulfide) groups is 1. The first-order chi connectivity index (χ1) is 9.78. The van der Waals surface area contributed by atoms with E-state index in [1.54, 1.807) is 6.07 Å². The summed E-state index contributed by atoms with van der Waals surface area (Å²) in [7, 11) is 0. The predicted octanol–water partition coefficient (Wildman–Crippen LogP) is 4.69. The highest BCUT2D eigenvalue weighted by Gasteiger charge is 2.12. The molecule has 0 atom stereocenters. The molecule has 0 amide bonds. The van der Waals surface area contributed by atoms with Crippen molar-refractivity contribution in [2.75, 3.05) is 6.26 Å². The fraction of sp³-hybridized carbons (Fsp3) is 0.0588.